The molecule has 1 N–H and O–H groups in total. The van der Waals surface area contributed by atoms with Crippen molar-refractivity contribution in [1.82, 2.24) is 9.88 Å². The summed E-state index contributed by atoms with van der Waals surface area (Å²) in [6.45, 7) is 4.12. The highest BCUT2D eigenvalue weighted by molar-refractivity contribution is 5.38. The topological polar surface area (TPSA) is 92.0 Å². The van der Waals surface area contributed by atoms with E-state index in [0.29, 0.717) is 12.3 Å². The van der Waals surface area contributed by atoms with Crippen LogP contribution < -0.4 is 9.64 Å². The average molecular weight is 358 g/mol. The summed E-state index contributed by atoms with van der Waals surface area (Å²) in [5.74, 6) is 1.49. The van der Waals surface area contributed by atoms with Gasteiger partial charge in [-0.25, -0.2) is 4.98 Å². The number of benzene rings is 1. The van der Waals surface area contributed by atoms with Crippen LogP contribution in [0, 0.1) is 10.1 Å². The molecular formula is C18H22N4O4. The lowest BCUT2D eigenvalue weighted by atomic mass is 10.2. The summed E-state index contributed by atoms with van der Waals surface area (Å²) in [6, 6.07) is 11.7. The number of aromatic nitrogens is 1. The molecular weight excluding hydrogens is 336 g/mol. The molecule has 8 heteroatoms. The molecule has 1 aromatic carbocycles. The number of aliphatic hydroxyl groups is 1. The Kier molecular flexibility index (Phi) is 5.98. The molecule has 8 nitrogen and oxygen atoms in total. The van der Waals surface area contributed by atoms with E-state index < -0.39 is 11.0 Å². The number of rotatable bonds is 7. The first-order valence-corrected chi connectivity index (χ1v) is 8.55. The van der Waals surface area contributed by atoms with Gasteiger partial charge in [-0.1, -0.05) is 6.07 Å². The first kappa shape index (κ1) is 18.1. The van der Waals surface area contributed by atoms with Gasteiger partial charge in [0.2, 0.25) is 0 Å². The number of aliphatic hydroxyl groups excluding tert-OH is 1. The van der Waals surface area contributed by atoms with E-state index in [-0.39, 0.29) is 12.3 Å². The molecule has 1 saturated heterocycles. The Hall–Kier alpha value is -2.71. The fourth-order valence-electron chi connectivity index (χ4n) is 2.91. The molecule has 0 amide bonds. The second-order valence-corrected chi connectivity index (χ2v) is 6.19. The van der Waals surface area contributed by atoms with Crippen LogP contribution in [0.1, 0.15) is 0 Å². The maximum absolute atomic E-state index is 10.6. The maximum atomic E-state index is 10.6. The Morgan fingerprint density at radius 1 is 1.15 bits per heavy atom. The van der Waals surface area contributed by atoms with E-state index in [0.717, 1.165) is 32.0 Å². The van der Waals surface area contributed by atoms with Crippen molar-refractivity contribution in [2.45, 2.75) is 6.10 Å². The Morgan fingerprint density at radius 3 is 2.50 bits per heavy atom. The van der Waals surface area contributed by atoms with Crippen LogP contribution in [-0.2, 0) is 0 Å². The van der Waals surface area contributed by atoms with Crippen molar-refractivity contribution < 1.29 is 14.8 Å². The van der Waals surface area contributed by atoms with E-state index in [9.17, 15) is 15.2 Å². The highest BCUT2D eigenvalue weighted by Crippen LogP contribution is 2.17. The van der Waals surface area contributed by atoms with Gasteiger partial charge in [0.15, 0.2) is 0 Å². The predicted molar refractivity (Wildman–Crippen MR) is 97.5 cm³/mol. The van der Waals surface area contributed by atoms with Gasteiger partial charge >= 0.3 is 0 Å². The van der Waals surface area contributed by atoms with Crippen LogP contribution in [0.4, 0.5) is 11.5 Å². The minimum atomic E-state index is -0.619. The summed E-state index contributed by atoms with van der Waals surface area (Å²) < 4.78 is 5.51. The number of pyridine rings is 1. The predicted octanol–water partition coefficient (Wildman–Crippen LogP) is 1.55. The molecule has 1 aliphatic rings. The van der Waals surface area contributed by atoms with Crippen molar-refractivity contribution in [1.29, 1.82) is 0 Å². The second-order valence-electron chi connectivity index (χ2n) is 6.19. The Morgan fingerprint density at radius 2 is 1.88 bits per heavy atom. The van der Waals surface area contributed by atoms with Crippen molar-refractivity contribution in [3.05, 3.63) is 58.8 Å². The van der Waals surface area contributed by atoms with Crippen LogP contribution in [0.3, 0.4) is 0 Å². The van der Waals surface area contributed by atoms with Crippen molar-refractivity contribution in [2.24, 2.45) is 0 Å². The fraction of sp³-hybridized carbons (Fsp3) is 0.389. The lowest BCUT2D eigenvalue weighted by Gasteiger charge is -2.36. The molecule has 0 spiro atoms. The average Bonchev–Trinajstić information content (AvgIpc) is 2.68. The second kappa shape index (κ2) is 8.59. The number of nitrogens with zero attached hydrogens (tertiary/aromatic N) is 4. The van der Waals surface area contributed by atoms with Crippen molar-refractivity contribution in [3.63, 3.8) is 0 Å². The lowest BCUT2D eigenvalue weighted by molar-refractivity contribution is -0.384. The third kappa shape index (κ3) is 4.90. The minimum absolute atomic E-state index is 0.0173. The molecule has 1 fully saturated rings. The van der Waals surface area contributed by atoms with Gasteiger partial charge in [0, 0.05) is 51.1 Å². The van der Waals surface area contributed by atoms with Crippen LogP contribution in [0.5, 0.6) is 5.75 Å². The third-order valence-electron chi connectivity index (χ3n) is 4.30. The molecule has 1 aromatic heterocycles. The Labute approximate surface area is 151 Å². The monoisotopic (exact) mass is 358 g/mol. The van der Waals surface area contributed by atoms with Gasteiger partial charge in [0.25, 0.3) is 5.69 Å². The smallest absolute Gasteiger partial charge is 0.269 e. The highest BCUT2D eigenvalue weighted by atomic mass is 16.6. The quantitative estimate of drug-likeness (QED) is 0.593. The molecule has 138 valence electrons. The lowest BCUT2D eigenvalue weighted by Crippen LogP contribution is -2.49. The van der Waals surface area contributed by atoms with Crippen LogP contribution in [-0.4, -0.2) is 65.3 Å². The highest BCUT2D eigenvalue weighted by Gasteiger charge is 2.20. The number of nitro benzene ring substituents is 1. The molecule has 2 heterocycles. The minimum Gasteiger partial charge on any atom is -0.491 e. The van der Waals surface area contributed by atoms with Crippen molar-refractivity contribution >= 4 is 11.5 Å². The summed E-state index contributed by atoms with van der Waals surface area (Å²) in [6.07, 6.45) is 1.17. The molecule has 0 bridgehead atoms. The normalized spacial score (nSPS) is 16.3. The largest absolute Gasteiger partial charge is 0.491 e. The van der Waals surface area contributed by atoms with Gasteiger partial charge in [-0.3, -0.25) is 15.0 Å². The van der Waals surface area contributed by atoms with Crippen molar-refractivity contribution in [2.75, 3.05) is 44.2 Å². The number of β-amino-alcohol motifs (C(OH)–C–C–N with tert-alkyl or cyclic N) is 1. The van der Waals surface area contributed by atoms with Gasteiger partial charge in [-0.2, -0.15) is 0 Å². The van der Waals surface area contributed by atoms with Crippen LogP contribution >= 0.6 is 0 Å². The number of piperazine rings is 1. The molecule has 0 unspecified atom stereocenters. The number of nitro groups is 1. The molecule has 0 radical (unpaired) electrons. The maximum Gasteiger partial charge on any atom is 0.269 e. The Bertz CT molecular complexity index is 703. The van der Waals surface area contributed by atoms with Crippen LogP contribution in [0.15, 0.2) is 48.7 Å². The van der Waals surface area contributed by atoms with E-state index in [1.807, 2.05) is 18.2 Å². The van der Waals surface area contributed by atoms with Gasteiger partial charge < -0.3 is 14.7 Å². The van der Waals surface area contributed by atoms with E-state index in [1.165, 1.54) is 24.3 Å². The van der Waals surface area contributed by atoms with Crippen LogP contribution in [0.2, 0.25) is 0 Å². The zero-order valence-electron chi connectivity index (χ0n) is 14.4. The Balaban J connectivity index is 1.40. The van der Waals surface area contributed by atoms with Crippen molar-refractivity contribution in [3.8, 4) is 5.75 Å². The van der Waals surface area contributed by atoms with E-state index in [1.54, 1.807) is 6.20 Å². The summed E-state index contributed by atoms with van der Waals surface area (Å²) in [7, 11) is 0. The van der Waals surface area contributed by atoms with Crippen LogP contribution in [0.25, 0.3) is 0 Å². The first-order valence-electron chi connectivity index (χ1n) is 8.55. The molecule has 3 rings (SSSR count). The standard InChI is InChI=1S/C18H22N4O4/c23-16(14-26-17-6-4-15(5-7-17)22(24)25)13-20-9-11-21(12-10-20)18-3-1-2-8-19-18/h1-8,16,23H,9-14H2/t16-/m1/s1. The number of anilines is 1. The number of hydrogen-bond acceptors (Lipinski definition) is 7. The molecule has 1 aliphatic heterocycles. The third-order valence-corrected chi connectivity index (χ3v) is 4.30. The van der Waals surface area contributed by atoms with E-state index >= 15 is 0 Å². The number of non-ortho nitro benzene ring substituents is 1. The fourth-order valence-corrected chi connectivity index (χ4v) is 2.91. The summed E-state index contributed by atoms with van der Waals surface area (Å²) >= 11 is 0. The molecule has 0 saturated carbocycles. The molecule has 26 heavy (non-hydrogen) atoms. The number of ether oxygens (including phenoxy) is 1. The van der Waals surface area contributed by atoms with Gasteiger partial charge in [0.1, 0.15) is 24.3 Å². The number of hydrogen-bond donors (Lipinski definition) is 1. The SMILES string of the molecule is O=[N+]([O-])c1ccc(OC[C@H](O)CN2CCN(c3ccccn3)CC2)cc1. The molecule has 2 aromatic rings. The van der Waals surface area contributed by atoms with E-state index in [2.05, 4.69) is 14.8 Å². The summed E-state index contributed by atoms with van der Waals surface area (Å²) in [5, 5.41) is 20.8. The molecule has 1 atom stereocenters. The van der Waals surface area contributed by atoms with Gasteiger partial charge in [-0.15, -0.1) is 0 Å². The zero-order valence-corrected chi connectivity index (χ0v) is 14.4. The first-order chi connectivity index (χ1) is 12.6. The summed E-state index contributed by atoms with van der Waals surface area (Å²) in [4.78, 5) is 19.0. The van der Waals surface area contributed by atoms with E-state index in [4.69, 9.17) is 4.74 Å². The van der Waals surface area contributed by atoms with Gasteiger partial charge in [-0.05, 0) is 24.3 Å². The zero-order chi connectivity index (χ0) is 18.4. The summed E-state index contributed by atoms with van der Waals surface area (Å²) in [5.41, 5.74) is 0.0173. The van der Waals surface area contributed by atoms with Gasteiger partial charge in [0.05, 0.1) is 4.92 Å². The molecule has 0 aliphatic carbocycles.